The average Bonchev–Trinajstić information content (AvgIpc) is 2.21. The lowest BCUT2D eigenvalue weighted by Crippen LogP contribution is -2.09. The first-order valence-corrected chi connectivity index (χ1v) is 5.71. The molecule has 0 atom stereocenters. The first kappa shape index (κ1) is 12.9. The summed E-state index contributed by atoms with van der Waals surface area (Å²) in [6.45, 7) is 2.03. The molecule has 1 aromatic rings. The Kier molecular flexibility index (Phi) is 4.66. The van der Waals surface area contributed by atoms with Crippen LogP contribution in [0.25, 0.3) is 0 Å². The van der Waals surface area contributed by atoms with E-state index in [-0.39, 0.29) is 18.1 Å². The minimum atomic E-state index is -0.462. The number of carbonyl (C=O) groups is 1. The zero-order valence-electron chi connectivity index (χ0n) is 8.60. The molecule has 0 heterocycles. The summed E-state index contributed by atoms with van der Waals surface area (Å²) in [5, 5.41) is 10.7. The first-order chi connectivity index (χ1) is 7.56. The maximum Gasteiger partial charge on any atom is 0.310 e. The summed E-state index contributed by atoms with van der Waals surface area (Å²) in [5.41, 5.74) is 0.635. The van der Waals surface area contributed by atoms with Crippen LogP contribution in [0.5, 0.6) is 0 Å². The standard InChI is InChI=1S/C10H10INO4/c1-2-16-9(13)6-7-4-3-5-8(10(7)11)12(14)15/h3-5H,2,6H2,1H3. The second kappa shape index (κ2) is 5.78. The van der Waals surface area contributed by atoms with Crippen LogP contribution in [0.4, 0.5) is 5.69 Å². The highest BCUT2D eigenvalue weighted by Gasteiger charge is 2.16. The second-order valence-corrected chi connectivity index (χ2v) is 4.07. The van der Waals surface area contributed by atoms with E-state index in [4.69, 9.17) is 4.74 Å². The van der Waals surface area contributed by atoms with Crippen molar-refractivity contribution in [3.8, 4) is 0 Å². The van der Waals surface area contributed by atoms with E-state index in [1.165, 1.54) is 6.07 Å². The number of nitro benzene ring substituents is 1. The van der Waals surface area contributed by atoms with Crippen LogP contribution in [0.3, 0.4) is 0 Å². The van der Waals surface area contributed by atoms with E-state index in [1.807, 2.05) is 22.6 Å². The molecule has 0 aliphatic rings. The van der Waals surface area contributed by atoms with Gasteiger partial charge in [0.15, 0.2) is 0 Å². The fraction of sp³-hybridized carbons (Fsp3) is 0.300. The van der Waals surface area contributed by atoms with Crippen molar-refractivity contribution in [1.82, 2.24) is 0 Å². The lowest BCUT2D eigenvalue weighted by molar-refractivity contribution is -0.385. The lowest BCUT2D eigenvalue weighted by Gasteiger charge is -2.04. The SMILES string of the molecule is CCOC(=O)Cc1cccc([N+](=O)[O-])c1I. The van der Waals surface area contributed by atoms with Crippen LogP contribution in [0.2, 0.25) is 0 Å². The van der Waals surface area contributed by atoms with Crippen LogP contribution >= 0.6 is 22.6 Å². The summed E-state index contributed by atoms with van der Waals surface area (Å²) < 4.78 is 5.27. The van der Waals surface area contributed by atoms with E-state index in [2.05, 4.69) is 0 Å². The highest BCUT2D eigenvalue weighted by atomic mass is 127. The maximum atomic E-state index is 11.3. The highest BCUT2D eigenvalue weighted by molar-refractivity contribution is 14.1. The number of hydrogen-bond donors (Lipinski definition) is 0. The molecule has 6 heteroatoms. The number of esters is 1. The van der Waals surface area contributed by atoms with Crippen LogP contribution < -0.4 is 0 Å². The predicted octanol–water partition coefficient (Wildman–Crippen LogP) is 2.31. The first-order valence-electron chi connectivity index (χ1n) is 4.63. The zero-order chi connectivity index (χ0) is 12.1. The molecular formula is C10H10INO4. The Morgan fingerprint density at radius 3 is 2.81 bits per heavy atom. The van der Waals surface area contributed by atoms with Crippen LogP contribution in [0, 0.1) is 13.7 Å². The van der Waals surface area contributed by atoms with Gasteiger partial charge in [-0.2, -0.15) is 0 Å². The second-order valence-electron chi connectivity index (χ2n) is 2.99. The van der Waals surface area contributed by atoms with Gasteiger partial charge in [-0.05, 0) is 35.1 Å². The largest absolute Gasteiger partial charge is 0.466 e. The number of benzene rings is 1. The lowest BCUT2D eigenvalue weighted by atomic mass is 10.1. The molecule has 0 radical (unpaired) electrons. The summed E-state index contributed by atoms with van der Waals surface area (Å²) in [6.07, 6.45) is 0.0633. The topological polar surface area (TPSA) is 69.4 Å². The number of ether oxygens (including phenoxy) is 1. The van der Waals surface area contributed by atoms with Gasteiger partial charge in [0.1, 0.15) is 0 Å². The van der Waals surface area contributed by atoms with Gasteiger partial charge in [0.25, 0.3) is 5.69 Å². The van der Waals surface area contributed by atoms with Crippen molar-refractivity contribution in [2.75, 3.05) is 6.61 Å². The number of halogens is 1. The van der Waals surface area contributed by atoms with Crippen molar-refractivity contribution in [1.29, 1.82) is 0 Å². The smallest absolute Gasteiger partial charge is 0.310 e. The number of carbonyl (C=O) groups excluding carboxylic acids is 1. The molecule has 0 bridgehead atoms. The van der Waals surface area contributed by atoms with E-state index < -0.39 is 4.92 Å². The Morgan fingerprint density at radius 2 is 2.25 bits per heavy atom. The average molecular weight is 335 g/mol. The van der Waals surface area contributed by atoms with Gasteiger partial charge in [-0.3, -0.25) is 14.9 Å². The Hall–Kier alpha value is -1.18. The number of nitrogens with zero attached hydrogens (tertiary/aromatic N) is 1. The monoisotopic (exact) mass is 335 g/mol. The fourth-order valence-electron chi connectivity index (χ4n) is 1.21. The molecule has 0 amide bonds. The van der Waals surface area contributed by atoms with Gasteiger partial charge in [-0.1, -0.05) is 12.1 Å². The van der Waals surface area contributed by atoms with E-state index in [1.54, 1.807) is 19.1 Å². The fourth-order valence-corrected chi connectivity index (χ4v) is 1.96. The molecular weight excluding hydrogens is 325 g/mol. The van der Waals surface area contributed by atoms with Gasteiger partial charge in [0, 0.05) is 6.07 Å². The van der Waals surface area contributed by atoms with Crippen LogP contribution in [-0.2, 0) is 16.0 Å². The summed E-state index contributed by atoms with van der Waals surface area (Å²) in [6, 6.07) is 4.66. The molecule has 0 fully saturated rings. The summed E-state index contributed by atoms with van der Waals surface area (Å²) in [4.78, 5) is 21.5. The Balaban J connectivity index is 2.93. The molecule has 0 aromatic heterocycles. The summed E-state index contributed by atoms with van der Waals surface area (Å²) >= 11 is 1.87. The van der Waals surface area contributed by atoms with Crippen molar-refractivity contribution in [2.45, 2.75) is 13.3 Å². The van der Waals surface area contributed by atoms with E-state index >= 15 is 0 Å². The van der Waals surface area contributed by atoms with Crippen LogP contribution in [0.1, 0.15) is 12.5 Å². The molecule has 0 saturated carbocycles. The van der Waals surface area contributed by atoms with Gasteiger partial charge in [0.05, 0.1) is 21.5 Å². The van der Waals surface area contributed by atoms with Gasteiger partial charge in [-0.25, -0.2) is 0 Å². The summed E-state index contributed by atoms with van der Waals surface area (Å²) in [5.74, 6) is -0.374. The third-order valence-electron chi connectivity index (χ3n) is 1.90. The summed E-state index contributed by atoms with van der Waals surface area (Å²) in [7, 11) is 0. The molecule has 1 aromatic carbocycles. The van der Waals surface area contributed by atoms with E-state index in [0.29, 0.717) is 15.7 Å². The molecule has 0 spiro atoms. The van der Waals surface area contributed by atoms with Crippen molar-refractivity contribution in [3.63, 3.8) is 0 Å². The van der Waals surface area contributed by atoms with E-state index in [9.17, 15) is 14.9 Å². The molecule has 16 heavy (non-hydrogen) atoms. The Bertz CT molecular complexity index is 419. The number of rotatable bonds is 4. The number of hydrogen-bond acceptors (Lipinski definition) is 4. The van der Waals surface area contributed by atoms with Crippen LogP contribution in [-0.4, -0.2) is 17.5 Å². The quantitative estimate of drug-likeness (QED) is 0.366. The highest BCUT2D eigenvalue weighted by Crippen LogP contribution is 2.24. The van der Waals surface area contributed by atoms with Gasteiger partial charge < -0.3 is 4.74 Å². The van der Waals surface area contributed by atoms with Crippen molar-refractivity contribution in [3.05, 3.63) is 37.4 Å². The minimum absolute atomic E-state index is 0.0161. The molecule has 86 valence electrons. The predicted molar refractivity (Wildman–Crippen MR) is 66.2 cm³/mol. The molecule has 1 rings (SSSR count). The Morgan fingerprint density at radius 1 is 1.56 bits per heavy atom. The molecule has 5 nitrogen and oxygen atoms in total. The molecule has 0 aliphatic heterocycles. The third kappa shape index (κ3) is 3.16. The third-order valence-corrected chi connectivity index (χ3v) is 3.14. The Labute approximate surface area is 106 Å². The van der Waals surface area contributed by atoms with E-state index in [0.717, 1.165) is 0 Å². The molecule has 0 N–H and O–H groups in total. The maximum absolute atomic E-state index is 11.3. The minimum Gasteiger partial charge on any atom is -0.466 e. The van der Waals surface area contributed by atoms with Gasteiger partial charge in [-0.15, -0.1) is 0 Å². The number of nitro groups is 1. The molecule has 0 aliphatic carbocycles. The van der Waals surface area contributed by atoms with Crippen molar-refractivity contribution < 1.29 is 14.5 Å². The normalized spacial score (nSPS) is 9.88. The van der Waals surface area contributed by atoms with Gasteiger partial charge in [0.2, 0.25) is 0 Å². The van der Waals surface area contributed by atoms with Crippen LogP contribution in [0.15, 0.2) is 18.2 Å². The van der Waals surface area contributed by atoms with Crippen molar-refractivity contribution in [2.24, 2.45) is 0 Å². The molecule has 0 saturated heterocycles. The molecule has 0 unspecified atom stereocenters. The zero-order valence-corrected chi connectivity index (χ0v) is 10.8. The van der Waals surface area contributed by atoms with Gasteiger partial charge >= 0.3 is 5.97 Å². The van der Waals surface area contributed by atoms with Crippen molar-refractivity contribution >= 4 is 34.2 Å².